The monoisotopic (exact) mass is 332 g/mol. The van der Waals surface area contributed by atoms with Gasteiger partial charge in [0, 0.05) is 29.4 Å². The Morgan fingerprint density at radius 3 is 2.76 bits per heavy atom. The van der Waals surface area contributed by atoms with Crippen molar-refractivity contribution in [1.29, 1.82) is 0 Å². The maximum atomic E-state index is 4.70. The number of benzene rings is 1. The summed E-state index contributed by atoms with van der Waals surface area (Å²) in [6.45, 7) is 4.89. The minimum atomic E-state index is 0.547. The Morgan fingerprint density at radius 1 is 1.12 bits per heavy atom. The normalized spacial score (nSPS) is 28.4. The molecule has 2 bridgehead atoms. The number of hydrogen-bond donors (Lipinski definition) is 2. The zero-order valence-electron chi connectivity index (χ0n) is 14.6. The number of aromatic amines is 1. The number of rotatable bonds is 3. The third kappa shape index (κ3) is 2.61. The van der Waals surface area contributed by atoms with Crippen LogP contribution in [0, 0.1) is 5.92 Å². The van der Waals surface area contributed by atoms with Crippen LogP contribution in [0.2, 0.25) is 0 Å². The van der Waals surface area contributed by atoms with Crippen LogP contribution < -0.4 is 5.32 Å². The second kappa shape index (κ2) is 5.88. The molecule has 0 spiro atoms. The minimum Gasteiger partial charge on any atom is -0.379 e. The summed E-state index contributed by atoms with van der Waals surface area (Å²) in [6.07, 6.45) is 6.61. The van der Waals surface area contributed by atoms with Crippen molar-refractivity contribution in [3.8, 4) is 11.3 Å². The molecule has 3 aromatic rings. The van der Waals surface area contributed by atoms with E-state index in [0.29, 0.717) is 12.1 Å². The molecule has 0 saturated carbocycles. The summed E-state index contributed by atoms with van der Waals surface area (Å²) in [5.74, 6) is 0.801. The van der Waals surface area contributed by atoms with Crippen LogP contribution in [-0.2, 0) is 0 Å². The van der Waals surface area contributed by atoms with Crippen molar-refractivity contribution in [2.24, 2.45) is 5.92 Å². The molecule has 6 rings (SSSR count). The smallest absolute Gasteiger partial charge is 0.0704 e. The lowest BCUT2D eigenvalue weighted by Crippen LogP contribution is -2.59. The molecule has 5 heterocycles. The number of H-pyrrole nitrogens is 1. The van der Waals surface area contributed by atoms with Crippen LogP contribution in [0.25, 0.3) is 22.2 Å². The van der Waals surface area contributed by atoms with E-state index in [9.17, 15) is 0 Å². The Bertz CT molecular complexity index is 872. The number of piperidine rings is 3. The molecule has 0 radical (unpaired) electrons. The highest BCUT2D eigenvalue weighted by molar-refractivity contribution is 5.84. The average molecular weight is 332 g/mol. The molecule has 2 atom stereocenters. The molecule has 2 aromatic heterocycles. The molecule has 3 saturated heterocycles. The van der Waals surface area contributed by atoms with Gasteiger partial charge in [0.05, 0.1) is 17.6 Å². The highest BCUT2D eigenvalue weighted by Crippen LogP contribution is 2.34. The van der Waals surface area contributed by atoms with Gasteiger partial charge in [-0.3, -0.25) is 9.88 Å². The number of nitrogens with one attached hydrogen (secondary N) is 2. The van der Waals surface area contributed by atoms with Gasteiger partial charge in [0.1, 0.15) is 0 Å². The molecule has 0 amide bonds. The lowest BCUT2D eigenvalue weighted by molar-refractivity contribution is 0.0458. The molecule has 3 fully saturated rings. The molecular weight excluding hydrogens is 308 g/mol. The van der Waals surface area contributed by atoms with E-state index in [1.165, 1.54) is 31.3 Å². The van der Waals surface area contributed by atoms with Crippen LogP contribution in [0.5, 0.6) is 0 Å². The van der Waals surface area contributed by atoms with Gasteiger partial charge in [-0.15, -0.1) is 0 Å². The summed E-state index contributed by atoms with van der Waals surface area (Å²) < 4.78 is 0. The summed E-state index contributed by atoms with van der Waals surface area (Å²) in [4.78, 5) is 10.6. The third-order valence-electron chi connectivity index (χ3n) is 6.13. The molecule has 3 aliphatic rings. The van der Waals surface area contributed by atoms with Gasteiger partial charge in [-0.1, -0.05) is 12.1 Å². The van der Waals surface area contributed by atoms with Gasteiger partial charge < -0.3 is 10.3 Å². The zero-order chi connectivity index (χ0) is 16.8. The Hall–Kier alpha value is -2.33. The molecule has 3 aliphatic heterocycles. The first-order chi connectivity index (χ1) is 12.3. The summed E-state index contributed by atoms with van der Waals surface area (Å²) in [7, 11) is 0. The number of aromatic nitrogens is 2. The van der Waals surface area contributed by atoms with Crippen LogP contribution in [0.15, 0.2) is 48.8 Å². The summed E-state index contributed by atoms with van der Waals surface area (Å²) in [5.41, 5.74) is 4.46. The van der Waals surface area contributed by atoms with E-state index in [1.807, 2.05) is 12.4 Å². The van der Waals surface area contributed by atoms with Crippen LogP contribution in [0.4, 0.5) is 5.69 Å². The van der Waals surface area contributed by atoms with E-state index in [-0.39, 0.29) is 0 Å². The molecule has 4 nitrogen and oxygen atoms in total. The first-order valence-electron chi connectivity index (χ1n) is 9.32. The van der Waals surface area contributed by atoms with Gasteiger partial charge in [0.2, 0.25) is 0 Å². The van der Waals surface area contributed by atoms with Crippen LogP contribution >= 0.6 is 0 Å². The number of anilines is 1. The van der Waals surface area contributed by atoms with Crippen molar-refractivity contribution < 1.29 is 0 Å². The predicted octanol–water partition coefficient (Wildman–Crippen LogP) is 4.12. The van der Waals surface area contributed by atoms with Crippen LogP contribution in [0.3, 0.4) is 0 Å². The SMILES string of the molecule is C[C@@H]1[C@@H](Nc2ccc(-c3ccc4cc[nH]c4c3)nc2)C2CCN1CC2. The Labute approximate surface area is 148 Å². The van der Waals surface area contributed by atoms with Gasteiger partial charge in [-0.05, 0) is 68.4 Å². The number of nitrogens with zero attached hydrogens (tertiary/aromatic N) is 2. The van der Waals surface area contributed by atoms with E-state index in [0.717, 1.165) is 28.4 Å². The van der Waals surface area contributed by atoms with Crippen molar-refractivity contribution in [2.45, 2.75) is 31.8 Å². The number of pyridine rings is 1. The molecule has 128 valence electrons. The minimum absolute atomic E-state index is 0.547. The topological polar surface area (TPSA) is 44.0 Å². The second-order valence-electron chi connectivity index (χ2n) is 7.50. The Kier molecular flexibility index (Phi) is 3.52. The van der Waals surface area contributed by atoms with E-state index in [4.69, 9.17) is 4.98 Å². The summed E-state index contributed by atoms with van der Waals surface area (Å²) in [6, 6.07) is 14.0. The fraction of sp³-hybridized carbons (Fsp3) is 0.381. The number of fused-ring (bicyclic) bond motifs is 4. The zero-order valence-corrected chi connectivity index (χ0v) is 14.6. The molecular formula is C21H24N4. The predicted molar refractivity (Wildman–Crippen MR) is 103 cm³/mol. The summed E-state index contributed by atoms with van der Waals surface area (Å²) in [5, 5.41) is 4.99. The average Bonchev–Trinajstić information content (AvgIpc) is 3.13. The van der Waals surface area contributed by atoms with Crippen molar-refractivity contribution in [2.75, 3.05) is 18.4 Å². The number of hydrogen-bond acceptors (Lipinski definition) is 3. The summed E-state index contributed by atoms with van der Waals surface area (Å²) >= 11 is 0. The largest absolute Gasteiger partial charge is 0.379 e. The Morgan fingerprint density at radius 2 is 2.00 bits per heavy atom. The van der Waals surface area contributed by atoms with Crippen molar-refractivity contribution in [3.63, 3.8) is 0 Å². The first kappa shape index (κ1) is 15.0. The molecule has 0 aliphatic carbocycles. The molecule has 25 heavy (non-hydrogen) atoms. The quantitative estimate of drug-likeness (QED) is 0.758. The van der Waals surface area contributed by atoms with Crippen molar-refractivity contribution in [1.82, 2.24) is 14.9 Å². The van der Waals surface area contributed by atoms with E-state index >= 15 is 0 Å². The van der Waals surface area contributed by atoms with E-state index in [2.05, 4.69) is 58.5 Å². The standard InChI is InChI=1S/C21H24N4/c1-14-21(16-7-10-25(14)11-8-16)24-18-4-5-19(23-13-18)17-3-2-15-6-9-22-20(15)12-17/h2-6,9,12-14,16,21-22,24H,7-8,10-11H2,1H3/t14-,21-/m1/s1. The fourth-order valence-corrected chi connectivity index (χ4v) is 4.59. The van der Waals surface area contributed by atoms with Crippen molar-refractivity contribution in [3.05, 3.63) is 48.8 Å². The highest BCUT2D eigenvalue weighted by atomic mass is 15.2. The fourth-order valence-electron chi connectivity index (χ4n) is 4.59. The van der Waals surface area contributed by atoms with Crippen LogP contribution in [-0.4, -0.2) is 40.0 Å². The van der Waals surface area contributed by atoms with Crippen molar-refractivity contribution >= 4 is 16.6 Å². The lowest BCUT2D eigenvalue weighted by Gasteiger charge is -2.50. The lowest BCUT2D eigenvalue weighted by atomic mass is 9.79. The van der Waals surface area contributed by atoms with Gasteiger partial charge in [0.25, 0.3) is 0 Å². The van der Waals surface area contributed by atoms with Gasteiger partial charge in [-0.25, -0.2) is 0 Å². The van der Waals surface area contributed by atoms with E-state index in [1.54, 1.807) is 0 Å². The molecule has 1 aromatic carbocycles. The van der Waals surface area contributed by atoms with Gasteiger partial charge >= 0.3 is 0 Å². The Balaban J connectivity index is 1.36. The van der Waals surface area contributed by atoms with Crippen LogP contribution in [0.1, 0.15) is 19.8 Å². The maximum Gasteiger partial charge on any atom is 0.0704 e. The molecule has 0 unspecified atom stereocenters. The van der Waals surface area contributed by atoms with E-state index < -0.39 is 0 Å². The molecule has 2 N–H and O–H groups in total. The third-order valence-corrected chi connectivity index (χ3v) is 6.13. The van der Waals surface area contributed by atoms with Gasteiger partial charge in [-0.2, -0.15) is 0 Å². The highest BCUT2D eigenvalue weighted by Gasteiger charge is 2.39. The molecule has 4 heteroatoms. The maximum absolute atomic E-state index is 4.70. The second-order valence-corrected chi connectivity index (χ2v) is 7.50. The first-order valence-corrected chi connectivity index (χ1v) is 9.32. The van der Waals surface area contributed by atoms with Gasteiger partial charge in [0.15, 0.2) is 0 Å².